The van der Waals surface area contributed by atoms with E-state index >= 15 is 0 Å². The molecule has 2 unspecified atom stereocenters. The number of aliphatic hydroxyl groups excluding tert-OH is 1. The monoisotopic (exact) mass is 410 g/mol. The van der Waals surface area contributed by atoms with Gasteiger partial charge >= 0.3 is 5.97 Å². The molecule has 0 amide bonds. The number of carboxylic acid groups (broad SMARTS) is 1. The summed E-state index contributed by atoms with van der Waals surface area (Å²) in [5.74, 6) is 0.935. The average Bonchev–Trinajstić information content (AvgIpc) is 3.23. The number of hydrogen-bond donors (Lipinski definition) is 2. The zero-order valence-corrected chi connectivity index (χ0v) is 17.8. The van der Waals surface area contributed by atoms with E-state index in [2.05, 4.69) is 6.92 Å². The maximum Gasteiger partial charge on any atom is 0.371 e. The Balaban J connectivity index is 1.41. The second-order valence-electron chi connectivity index (χ2n) is 9.00. The summed E-state index contributed by atoms with van der Waals surface area (Å²) in [5.41, 5.74) is 0.202. The molecule has 2 aliphatic rings. The van der Waals surface area contributed by atoms with Crippen LogP contribution in [-0.4, -0.2) is 27.7 Å². The Hall–Kier alpha value is -1.00. The highest BCUT2D eigenvalue weighted by atomic mass is 35.5. The fourth-order valence-electron chi connectivity index (χ4n) is 5.44. The number of aliphatic hydroxyl groups is 1. The van der Waals surface area contributed by atoms with E-state index in [1.54, 1.807) is 6.07 Å². The van der Waals surface area contributed by atoms with Gasteiger partial charge in [0, 0.05) is 11.8 Å². The quantitative estimate of drug-likeness (QED) is 0.436. The fraction of sp³-hybridized carbons (Fsp3) is 0.783. The molecular formula is C23H35ClO4. The van der Waals surface area contributed by atoms with Crippen molar-refractivity contribution in [1.29, 1.82) is 0 Å². The largest absolute Gasteiger partial charge is 0.475 e. The highest BCUT2D eigenvalue weighted by Gasteiger charge is 2.41. The molecule has 0 aliphatic heterocycles. The number of rotatable bonds is 11. The second-order valence-corrected chi connectivity index (χ2v) is 9.56. The molecule has 0 bridgehead atoms. The topological polar surface area (TPSA) is 70.7 Å². The zero-order valence-electron chi connectivity index (χ0n) is 17.0. The van der Waals surface area contributed by atoms with E-state index < -0.39 is 5.97 Å². The van der Waals surface area contributed by atoms with Gasteiger partial charge < -0.3 is 14.6 Å². The smallest absolute Gasteiger partial charge is 0.371 e. The minimum absolute atomic E-state index is 0.0180. The second kappa shape index (κ2) is 9.67. The molecule has 1 heterocycles. The van der Waals surface area contributed by atoms with Crippen LogP contribution < -0.4 is 0 Å². The molecule has 1 aromatic rings. The summed E-state index contributed by atoms with van der Waals surface area (Å²) in [7, 11) is 0. The summed E-state index contributed by atoms with van der Waals surface area (Å²) in [5, 5.41) is 19.8. The number of hydrogen-bond acceptors (Lipinski definition) is 3. The van der Waals surface area contributed by atoms with Crippen molar-refractivity contribution in [2.75, 3.05) is 0 Å². The number of halogens is 1. The first-order valence-electron chi connectivity index (χ1n) is 11.1. The van der Waals surface area contributed by atoms with Gasteiger partial charge in [0.25, 0.3) is 0 Å². The van der Waals surface area contributed by atoms with Crippen molar-refractivity contribution < 1.29 is 19.4 Å². The highest BCUT2D eigenvalue weighted by Crippen LogP contribution is 2.48. The Morgan fingerprint density at radius 2 is 2.07 bits per heavy atom. The van der Waals surface area contributed by atoms with Gasteiger partial charge in [-0.05, 0) is 87.2 Å². The molecule has 4 atom stereocenters. The van der Waals surface area contributed by atoms with Crippen LogP contribution in [0.2, 0.25) is 0 Å². The predicted octanol–water partition coefficient (Wildman–Crippen LogP) is 6.05. The molecule has 4 nitrogen and oxygen atoms in total. The van der Waals surface area contributed by atoms with Crippen molar-refractivity contribution in [2.24, 2.45) is 17.3 Å². The lowest BCUT2D eigenvalue weighted by atomic mass is 9.62. The van der Waals surface area contributed by atoms with Crippen molar-refractivity contribution in [3.63, 3.8) is 0 Å². The van der Waals surface area contributed by atoms with Gasteiger partial charge in [-0.25, -0.2) is 4.79 Å². The van der Waals surface area contributed by atoms with Crippen molar-refractivity contribution in [1.82, 2.24) is 0 Å². The summed E-state index contributed by atoms with van der Waals surface area (Å²) >= 11 is 6.63. The normalized spacial score (nSPS) is 27.5. The average molecular weight is 411 g/mol. The van der Waals surface area contributed by atoms with Crippen molar-refractivity contribution >= 4 is 17.6 Å². The van der Waals surface area contributed by atoms with Gasteiger partial charge in [0.05, 0.1) is 6.10 Å². The number of carboxylic acids is 1. The SMILES string of the molecule is CCC1(C(O)CCCC2[C@@H](CCCc3ccc(C(=O)O)o3)CC[C@H]2Cl)CCC1. The van der Waals surface area contributed by atoms with E-state index in [1.807, 2.05) is 0 Å². The maximum atomic E-state index is 10.9. The van der Waals surface area contributed by atoms with Crippen LogP contribution in [0.15, 0.2) is 16.5 Å². The van der Waals surface area contributed by atoms with E-state index in [0.717, 1.165) is 57.1 Å². The van der Waals surface area contributed by atoms with E-state index in [1.165, 1.54) is 31.7 Å². The van der Waals surface area contributed by atoms with Gasteiger partial charge in [-0.2, -0.15) is 0 Å². The van der Waals surface area contributed by atoms with Crippen LogP contribution in [0.4, 0.5) is 0 Å². The Labute approximate surface area is 173 Å². The van der Waals surface area contributed by atoms with Gasteiger partial charge in [-0.3, -0.25) is 0 Å². The lowest BCUT2D eigenvalue weighted by Crippen LogP contribution is -2.40. The fourth-order valence-corrected chi connectivity index (χ4v) is 5.90. The van der Waals surface area contributed by atoms with Crippen LogP contribution in [0.25, 0.3) is 0 Å². The van der Waals surface area contributed by atoms with Crippen LogP contribution in [0.1, 0.15) is 93.9 Å². The number of alkyl halides is 1. The summed E-state index contributed by atoms with van der Waals surface area (Å²) in [4.78, 5) is 10.9. The molecule has 28 heavy (non-hydrogen) atoms. The third-order valence-electron chi connectivity index (χ3n) is 7.53. The molecule has 2 N–H and O–H groups in total. The molecule has 3 rings (SSSR count). The maximum absolute atomic E-state index is 10.9. The molecule has 0 spiro atoms. The lowest BCUT2D eigenvalue weighted by Gasteiger charge is -2.45. The molecule has 1 aromatic heterocycles. The molecule has 158 valence electrons. The van der Waals surface area contributed by atoms with Gasteiger partial charge in [-0.15, -0.1) is 11.6 Å². The Bertz CT molecular complexity index is 631. The van der Waals surface area contributed by atoms with Crippen molar-refractivity contribution in [2.45, 2.75) is 95.5 Å². The zero-order chi connectivity index (χ0) is 20.1. The molecular weight excluding hydrogens is 376 g/mol. The number of aromatic carboxylic acids is 1. The third kappa shape index (κ3) is 4.94. The summed E-state index contributed by atoms with van der Waals surface area (Å²) in [6.45, 7) is 2.21. The first-order chi connectivity index (χ1) is 13.4. The van der Waals surface area contributed by atoms with Gasteiger partial charge in [0.15, 0.2) is 0 Å². The molecule has 5 heteroatoms. The summed E-state index contributed by atoms with van der Waals surface area (Å²) in [6, 6.07) is 3.30. The predicted molar refractivity (Wildman–Crippen MR) is 111 cm³/mol. The molecule has 2 saturated carbocycles. The molecule has 0 radical (unpaired) electrons. The standard InChI is InChI=1S/C23H35ClO4/c1-2-23(14-5-15-23)21(25)9-4-8-18-16(10-12-19(18)24)6-3-7-17-11-13-20(28-17)22(26)27/h11,13,16,18-19,21,25H,2-10,12,14-15H2,1H3,(H,26,27)/t16-,18?,19+,21?/m0/s1. The van der Waals surface area contributed by atoms with Gasteiger partial charge in [-0.1, -0.05) is 19.8 Å². The molecule has 2 aliphatic carbocycles. The van der Waals surface area contributed by atoms with E-state index in [9.17, 15) is 9.90 Å². The first kappa shape index (κ1) is 21.7. The van der Waals surface area contributed by atoms with Gasteiger partial charge in [0.1, 0.15) is 5.76 Å². The van der Waals surface area contributed by atoms with E-state index in [0.29, 0.717) is 11.8 Å². The van der Waals surface area contributed by atoms with Crippen molar-refractivity contribution in [3.05, 3.63) is 23.7 Å². The number of furan rings is 1. The molecule has 0 aromatic carbocycles. The van der Waals surface area contributed by atoms with E-state index in [-0.39, 0.29) is 22.7 Å². The molecule has 0 saturated heterocycles. The van der Waals surface area contributed by atoms with Crippen LogP contribution in [0, 0.1) is 17.3 Å². The third-order valence-corrected chi connectivity index (χ3v) is 8.07. The van der Waals surface area contributed by atoms with Crippen LogP contribution in [0.3, 0.4) is 0 Å². The summed E-state index contributed by atoms with van der Waals surface area (Å²) in [6.07, 6.45) is 12.8. The van der Waals surface area contributed by atoms with Crippen LogP contribution in [0.5, 0.6) is 0 Å². The van der Waals surface area contributed by atoms with Crippen LogP contribution in [-0.2, 0) is 6.42 Å². The Kier molecular flexibility index (Phi) is 7.49. The lowest BCUT2D eigenvalue weighted by molar-refractivity contribution is -0.0437. The Morgan fingerprint density at radius 1 is 1.29 bits per heavy atom. The Morgan fingerprint density at radius 3 is 2.68 bits per heavy atom. The minimum Gasteiger partial charge on any atom is -0.475 e. The number of carbonyl (C=O) groups is 1. The van der Waals surface area contributed by atoms with Crippen LogP contribution >= 0.6 is 11.6 Å². The first-order valence-corrected chi connectivity index (χ1v) is 11.5. The van der Waals surface area contributed by atoms with E-state index in [4.69, 9.17) is 21.1 Å². The number of aryl methyl sites for hydroxylation is 1. The van der Waals surface area contributed by atoms with Gasteiger partial charge in [0.2, 0.25) is 5.76 Å². The van der Waals surface area contributed by atoms with Crippen molar-refractivity contribution in [3.8, 4) is 0 Å². The minimum atomic E-state index is -1.01. The molecule has 2 fully saturated rings. The summed E-state index contributed by atoms with van der Waals surface area (Å²) < 4.78 is 5.35. The highest BCUT2D eigenvalue weighted by molar-refractivity contribution is 6.21.